The molecule has 0 aliphatic carbocycles. The molecule has 0 fully saturated rings. The maximum absolute atomic E-state index is 5.88. The van der Waals surface area contributed by atoms with Gasteiger partial charge < -0.3 is 10.5 Å². The van der Waals surface area contributed by atoms with E-state index < -0.39 is 0 Å². The molecular formula is C13H16BrN3O. The van der Waals surface area contributed by atoms with E-state index in [2.05, 4.69) is 21.0 Å². The minimum Gasteiger partial charge on any atom is -0.485 e. The van der Waals surface area contributed by atoms with Crippen LogP contribution in [0.4, 0.5) is 5.69 Å². The Kier molecular flexibility index (Phi) is 3.61. The lowest BCUT2D eigenvalue weighted by atomic mass is 10.2. The minimum atomic E-state index is 0.436. The SMILES string of the molecule is Cc1ccc(N)c(OCc2c(Br)c(C)nn2C)c1. The number of benzene rings is 1. The maximum atomic E-state index is 5.88. The van der Waals surface area contributed by atoms with E-state index in [1.807, 2.05) is 43.8 Å². The summed E-state index contributed by atoms with van der Waals surface area (Å²) >= 11 is 3.51. The van der Waals surface area contributed by atoms with E-state index in [1.165, 1.54) is 0 Å². The summed E-state index contributed by atoms with van der Waals surface area (Å²) in [6.07, 6.45) is 0. The average Bonchev–Trinajstić information content (AvgIpc) is 2.55. The topological polar surface area (TPSA) is 53.1 Å². The van der Waals surface area contributed by atoms with Gasteiger partial charge in [0.25, 0.3) is 0 Å². The van der Waals surface area contributed by atoms with Gasteiger partial charge in [0.05, 0.1) is 21.5 Å². The first kappa shape index (κ1) is 13.0. The quantitative estimate of drug-likeness (QED) is 0.887. The highest BCUT2D eigenvalue weighted by atomic mass is 79.9. The summed E-state index contributed by atoms with van der Waals surface area (Å²) in [5.74, 6) is 0.709. The Balaban J connectivity index is 2.19. The minimum absolute atomic E-state index is 0.436. The lowest BCUT2D eigenvalue weighted by molar-refractivity contribution is 0.295. The zero-order valence-electron chi connectivity index (χ0n) is 10.7. The Morgan fingerprint density at radius 2 is 2.11 bits per heavy atom. The molecule has 96 valence electrons. The average molecular weight is 310 g/mol. The molecule has 0 aliphatic rings. The fourth-order valence-electron chi connectivity index (χ4n) is 1.75. The van der Waals surface area contributed by atoms with Crippen molar-refractivity contribution < 1.29 is 4.74 Å². The molecule has 0 spiro atoms. The zero-order valence-corrected chi connectivity index (χ0v) is 12.3. The molecule has 0 atom stereocenters. The molecule has 5 heteroatoms. The lowest BCUT2D eigenvalue weighted by Crippen LogP contribution is -2.05. The summed E-state index contributed by atoms with van der Waals surface area (Å²) in [6, 6.07) is 5.76. The van der Waals surface area contributed by atoms with Crippen molar-refractivity contribution in [2.75, 3.05) is 5.73 Å². The number of nitrogens with zero attached hydrogens (tertiary/aromatic N) is 2. The van der Waals surface area contributed by atoms with Crippen LogP contribution in [0.1, 0.15) is 17.0 Å². The first-order valence-corrected chi connectivity index (χ1v) is 6.45. The second-order valence-corrected chi connectivity index (χ2v) is 5.09. The first-order valence-electron chi connectivity index (χ1n) is 5.66. The molecule has 0 saturated heterocycles. The molecule has 2 rings (SSSR count). The molecule has 0 saturated carbocycles. The van der Waals surface area contributed by atoms with E-state index >= 15 is 0 Å². The van der Waals surface area contributed by atoms with E-state index in [0.29, 0.717) is 18.0 Å². The predicted octanol–water partition coefficient (Wildman–Crippen LogP) is 2.96. The summed E-state index contributed by atoms with van der Waals surface area (Å²) in [7, 11) is 1.90. The largest absolute Gasteiger partial charge is 0.485 e. The van der Waals surface area contributed by atoms with E-state index in [1.54, 1.807) is 0 Å². The summed E-state index contributed by atoms with van der Waals surface area (Å²) in [5.41, 5.74) is 9.60. The molecule has 18 heavy (non-hydrogen) atoms. The van der Waals surface area contributed by atoms with Crippen molar-refractivity contribution in [3.63, 3.8) is 0 Å². The van der Waals surface area contributed by atoms with E-state index in [0.717, 1.165) is 21.4 Å². The van der Waals surface area contributed by atoms with Crippen LogP contribution in [-0.4, -0.2) is 9.78 Å². The number of rotatable bonds is 3. The summed E-state index contributed by atoms with van der Waals surface area (Å²) < 4.78 is 8.56. The number of halogens is 1. The monoisotopic (exact) mass is 309 g/mol. The van der Waals surface area contributed by atoms with Crippen molar-refractivity contribution in [2.45, 2.75) is 20.5 Å². The molecule has 0 radical (unpaired) electrons. The van der Waals surface area contributed by atoms with Crippen LogP contribution in [0.2, 0.25) is 0 Å². The van der Waals surface area contributed by atoms with Crippen molar-refractivity contribution in [3.8, 4) is 5.75 Å². The Bertz CT molecular complexity index is 578. The number of aryl methyl sites for hydroxylation is 3. The molecule has 1 heterocycles. The van der Waals surface area contributed by atoms with Crippen LogP contribution >= 0.6 is 15.9 Å². The molecule has 0 aliphatic heterocycles. The van der Waals surface area contributed by atoms with Crippen LogP contribution in [-0.2, 0) is 13.7 Å². The van der Waals surface area contributed by atoms with Gasteiger partial charge in [-0.15, -0.1) is 0 Å². The molecule has 4 nitrogen and oxygen atoms in total. The first-order chi connectivity index (χ1) is 8.49. The fraction of sp³-hybridized carbons (Fsp3) is 0.308. The summed E-state index contributed by atoms with van der Waals surface area (Å²) in [6.45, 7) is 4.40. The molecular weight excluding hydrogens is 294 g/mol. The molecule has 2 aromatic rings. The third-order valence-electron chi connectivity index (χ3n) is 2.80. The maximum Gasteiger partial charge on any atom is 0.143 e. The highest BCUT2D eigenvalue weighted by molar-refractivity contribution is 9.10. The smallest absolute Gasteiger partial charge is 0.143 e. The zero-order chi connectivity index (χ0) is 13.3. The number of anilines is 1. The number of hydrogen-bond acceptors (Lipinski definition) is 3. The van der Waals surface area contributed by atoms with E-state index in [-0.39, 0.29) is 0 Å². The van der Waals surface area contributed by atoms with Gasteiger partial charge in [0, 0.05) is 7.05 Å². The highest BCUT2D eigenvalue weighted by Gasteiger charge is 2.11. The van der Waals surface area contributed by atoms with Gasteiger partial charge in [-0.25, -0.2) is 0 Å². The Hall–Kier alpha value is -1.49. The molecule has 0 bridgehead atoms. The van der Waals surface area contributed by atoms with Crippen LogP contribution in [0.5, 0.6) is 5.75 Å². The van der Waals surface area contributed by atoms with Gasteiger partial charge in [-0.05, 0) is 47.5 Å². The Labute approximate surface area is 115 Å². The molecule has 0 unspecified atom stereocenters. The second-order valence-electron chi connectivity index (χ2n) is 4.30. The van der Waals surface area contributed by atoms with Crippen molar-refractivity contribution in [1.29, 1.82) is 0 Å². The van der Waals surface area contributed by atoms with Crippen LogP contribution < -0.4 is 10.5 Å². The Morgan fingerprint density at radius 1 is 1.39 bits per heavy atom. The van der Waals surface area contributed by atoms with Crippen molar-refractivity contribution in [3.05, 3.63) is 39.6 Å². The van der Waals surface area contributed by atoms with Crippen molar-refractivity contribution in [1.82, 2.24) is 9.78 Å². The second kappa shape index (κ2) is 5.02. The van der Waals surface area contributed by atoms with Gasteiger partial charge in [0.2, 0.25) is 0 Å². The fourth-order valence-corrected chi connectivity index (χ4v) is 2.20. The van der Waals surface area contributed by atoms with Gasteiger partial charge in [-0.1, -0.05) is 6.07 Å². The Morgan fingerprint density at radius 3 is 2.72 bits per heavy atom. The standard InChI is InChI=1S/C13H16BrN3O/c1-8-4-5-10(15)12(6-8)18-7-11-13(14)9(2)16-17(11)3/h4-6H,7,15H2,1-3H3. The van der Waals surface area contributed by atoms with E-state index in [9.17, 15) is 0 Å². The number of ether oxygens (including phenoxy) is 1. The lowest BCUT2D eigenvalue weighted by Gasteiger charge is -2.10. The van der Waals surface area contributed by atoms with Crippen molar-refractivity contribution >= 4 is 21.6 Å². The van der Waals surface area contributed by atoms with Gasteiger partial charge in [-0.2, -0.15) is 5.10 Å². The van der Waals surface area contributed by atoms with Gasteiger partial charge in [0.15, 0.2) is 0 Å². The van der Waals surface area contributed by atoms with Crippen molar-refractivity contribution in [2.24, 2.45) is 7.05 Å². The number of nitrogens with two attached hydrogens (primary N) is 1. The third-order valence-corrected chi connectivity index (χ3v) is 3.83. The number of aromatic nitrogens is 2. The van der Waals surface area contributed by atoms with Gasteiger partial charge in [-0.3, -0.25) is 4.68 Å². The summed E-state index contributed by atoms with van der Waals surface area (Å²) in [4.78, 5) is 0. The van der Waals surface area contributed by atoms with Crippen LogP contribution in [0.15, 0.2) is 22.7 Å². The van der Waals surface area contributed by atoms with Crippen LogP contribution in [0, 0.1) is 13.8 Å². The van der Waals surface area contributed by atoms with Crippen LogP contribution in [0.3, 0.4) is 0 Å². The van der Waals surface area contributed by atoms with Gasteiger partial charge in [0.1, 0.15) is 12.4 Å². The van der Waals surface area contributed by atoms with E-state index in [4.69, 9.17) is 10.5 Å². The third kappa shape index (κ3) is 2.51. The van der Waals surface area contributed by atoms with Crippen LogP contribution in [0.25, 0.3) is 0 Å². The predicted molar refractivity (Wildman–Crippen MR) is 75.6 cm³/mol. The van der Waals surface area contributed by atoms with Gasteiger partial charge >= 0.3 is 0 Å². The highest BCUT2D eigenvalue weighted by Crippen LogP contribution is 2.26. The molecule has 1 aromatic heterocycles. The molecule has 2 N–H and O–H groups in total. The summed E-state index contributed by atoms with van der Waals surface area (Å²) in [5, 5.41) is 4.32. The normalized spacial score (nSPS) is 10.7. The molecule has 0 amide bonds. The number of hydrogen-bond donors (Lipinski definition) is 1. The number of nitrogen functional groups attached to an aromatic ring is 1. The molecule has 1 aromatic carbocycles.